The Bertz CT molecular complexity index is 410. The molecule has 0 spiro atoms. The zero-order valence-electron chi connectivity index (χ0n) is 15.6. The van der Waals surface area contributed by atoms with Gasteiger partial charge in [0.05, 0.1) is 13.2 Å². The van der Waals surface area contributed by atoms with Crippen molar-refractivity contribution >= 4 is 41.8 Å². The van der Waals surface area contributed by atoms with E-state index in [0.717, 1.165) is 0 Å². The van der Waals surface area contributed by atoms with E-state index in [1.54, 1.807) is 19.1 Å². The van der Waals surface area contributed by atoms with E-state index in [9.17, 15) is 9.59 Å². The maximum Gasteiger partial charge on any atom is 0.241 e. The van der Waals surface area contributed by atoms with Crippen LogP contribution in [0.5, 0.6) is 0 Å². The van der Waals surface area contributed by atoms with Crippen LogP contribution in [-0.4, -0.2) is 75.2 Å². The lowest BCUT2D eigenvalue weighted by molar-refractivity contribution is -0.122. The van der Waals surface area contributed by atoms with E-state index in [-0.39, 0.29) is 54.4 Å². The van der Waals surface area contributed by atoms with Crippen molar-refractivity contribution in [2.24, 2.45) is 4.99 Å². The van der Waals surface area contributed by atoms with Gasteiger partial charge in [-0.3, -0.25) is 9.59 Å². The first kappa shape index (κ1) is 25.1. The predicted molar refractivity (Wildman–Crippen MR) is 107 cm³/mol. The second kappa shape index (κ2) is 13.2. The molecule has 0 aromatic heterocycles. The van der Waals surface area contributed by atoms with Crippen molar-refractivity contribution in [3.8, 4) is 0 Å². The number of carbonyl (C=O) groups excluding carboxylic acids is 2. The summed E-state index contributed by atoms with van der Waals surface area (Å²) in [5.74, 6) is 0.221. The molecule has 3 N–H and O–H groups in total. The minimum absolute atomic E-state index is 0. The van der Waals surface area contributed by atoms with Crippen LogP contribution in [0.4, 0.5) is 0 Å². The number of halogens is 1. The third-order valence-electron chi connectivity index (χ3n) is 2.59. The second-order valence-corrected chi connectivity index (χ2v) is 6.17. The van der Waals surface area contributed by atoms with Crippen molar-refractivity contribution in [3.05, 3.63) is 0 Å². The van der Waals surface area contributed by atoms with Crippen LogP contribution in [0.1, 0.15) is 27.7 Å². The van der Waals surface area contributed by atoms with Crippen molar-refractivity contribution in [2.45, 2.75) is 33.2 Å². The summed E-state index contributed by atoms with van der Waals surface area (Å²) in [5, 5.41) is 8.65. The van der Waals surface area contributed by atoms with E-state index < -0.39 is 0 Å². The van der Waals surface area contributed by atoms with Gasteiger partial charge in [-0.1, -0.05) is 0 Å². The summed E-state index contributed by atoms with van der Waals surface area (Å²) in [6, 6.07) is 0. The lowest BCUT2D eigenvalue weighted by Crippen LogP contribution is -2.49. The fourth-order valence-electron chi connectivity index (χ4n) is 1.71. The average molecular weight is 457 g/mol. The molecule has 0 aromatic carbocycles. The summed E-state index contributed by atoms with van der Waals surface area (Å²) in [5.41, 5.74) is -0.283. The molecule has 0 fully saturated rings. The highest BCUT2D eigenvalue weighted by atomic mass is 127. The maximum atomic E-state index is 12.0. The van der Waals surface area contributed by atoms with Gasteiger partial charge >= 0.3 is 0 Å². The summed E-state index contributed by atoms with van der Waals surface area (Å²) in [7, 11) is 3.33. The second-order valence-electron chi connectivity index (χ2n) is 6.17. The number of hydrogen-bond donors (Lipinski definition) is 3. The highest BCUT2D eigenvalue weighted by molar-refractivity contribution is 14.0. The third-order valence-corrected chi connectivity index (χ3v) is 2.59. The van der Waals surface area contributed by atoms with Crippen molar-refractivity contribution in [1.82, 2.24) is 20.9 Å². The first-order valence-electron chi connectivity index (χ1n) is 7.75. The van der Waals surface area contributed by atoms with Crippen molar-refractivity contribution in [2.75, 3.05) is 46.9 Å². The molecule has 142 valence electrons. The van der Waals surface area contributed by atoms with Crippen LogP contribution in [-0.2, 0) is 14.3 Å². The van der Waals surface area contributed by atoms with Crippen LogP contribution in [0.3, 0.4) is 0 Å². The van der Waals surface area contributed by atoms with Crippen molar-refractivity contribution < 1.29 is 14.3 Å². The number of nitrogens with one attached hydrogen (secondary N) is 3. The molecule has 24 heavy (non-hydrogen) atoms. The highest BCUT2D eigenvalue weighted by Gasteiger charge is 2.16. The van der Waals surface area contributed by atoms with Crippen LogP contribution in [0.2, 0.25) is 0 Å². The van der Waals surface area contributed by atoms with Crippen LogP contribution in [0, 0.1) is 0 Å². The van der Waals surface area contributed by atoms with Gasteiger partial charge in [0.2, 0.25) is 11.8 Å². The quantitative estimate of drug-likeness (QED) is 0.209. The topological polar surface area (TPSA) is 95.1 Å². The normalized spacial score (nSPS) is 11.3. The predicted octanol–water partition coefficient (Wildman–Crippen LogP) is 0.179. The van der Waals surface area contributed by atoms with Gasteiger partial charge in [0, 0.05) is 32.8 Å². The molecule has 0 radical (unpaired) electrons. The molecule has 0 aromatic rings. The van der Waals surface area contributed by atoms with Gasteiger partial charge in [-0.2, -0.15) is 0 Å². The number of ether oxygens (including phenoxy) is 1. The molecular formula is C15H32IN5O3. The number of likely N-dealkylation sites (N-methyl/N-ethyl adjacent to an activating group) is 1. The molecule has 9 heteroatoms. The molecule has 2 amide bonds. The third kappa shape index (κ3) is 13.3. The molecule has 0 aliphatic heterocycles. The first-order chi connectivity index (χ1) is 10.7. The number of nitrogens with zero attached hydrogens (tertiary/aromatic N) is 2. The Morgan fingerprint density at radius 3 is 2.29 bits per heavy atom. The van der Waals surface area contributed by atoms with E-state index in [1.165, 1.54) is 0 Å². The Kier molecular flexibility index (Phi) is 13.9. The van der Waals surface area contributed by atoms with Crippen LogP contribution in [0.15, 0.2) is 4.99 Å². The number of amides is 2. The molecule has 0 aliphatic rings. The smallest absolute Gasteiger partial charge is 0.241 e. The summed E-state index contributed by atoms with van der Waals surface area (Å²) in [6.07, 6.45) is 0. The molecule has 0 heterocycles. The number of aliphatic imine (C=N–C) groups is 1. The zero-order valence-corrected chi connectivity index (χ0v) is 17.9. The number of guanidine groups is 1. The van der Waals surface area contributed by atoms with E-state index in [4.69, 9.17) is 4.74 Å². The fourth-order valence-corrected chi connectivity index (χ4v) is 1.71. The number of methoxy groups -OCH3 is 1. The van der Waals surface area contributed by atoms with Gasteiger partial charge in [0.25, 0.3) is 0 Å². The molecule has 8 nitrogen and oxygen atoms in total. The molecule has 0 rings (SSSR count). The van der Waals surface area contributed by atoms with Crippen molar-refractivity contribution in [3.63, 3.8) is 0 Å². The zero-order chi connectivity index (χ0) is 17.9. The molecule has 0 atom stereocenters. The minimum Gasteiger partial charge on any atom is -0.383 e. The van der Waals surface area contributed by atoms with E-state index in [2.05, 4.69) is 20.9 Å². The van der Waals surface area contributed by atoms with Crippen LogP contribution >= 0.6 is 24.0 Å². The summed E-state index contributed by atoms with van der Waals surface area (Å²) in [6.45, 7) is 9.42. The van der Waals surface area contributed by atoms with Crippen molar-refractivity contribution in [1.29, 1.82) is 0 Å². The number of carbonyl (C=O) groups is 2. The first-order valence-corrected chi connectivity index (χ1v) is 7.75. The van der Waals surface area contributed by atoms with Gasteiger partial charge in [-0.05, 0) is 27.7 Å². The monoisotopic (exact) mass is 457 g/mol. The molecule has 0 bridgehead atoms. The summed E-state index contributed by atoms with van der Waals surface area (Å²) < 4.78 is 4.86. The molecule has 0 aliphatic carbocycles. The molecule has 0 saturated carbocycles. The van der Waals surface area contributed by atoms with Gasteiger partial charge in [0.15, 0.2) is 5.96 Å². The minimum atomic E-state index is -0.283. The summed E-state index contributed by atoms with van der Waals surface area (Å²) >= 11 is 0. The van der Waals surface area contributed by atoms with E-state index in [1.807, 2.05) is 27.7 Å². The fraction of sp³-hybridized carbons (Fsp3) is 0.800. The van der Waals surface area contributed by atoms with Gasteiger partial charge in [-0.25, -0.2) is 4.99 Å². The van der Waals surface area contributed by atoms with Gasteiger partial charge in [0.1, 0.15) is 6.54 Å². The Morgan fingerprint density at radius 1 is 1.17 bits per heavy atom. The lowest BCUT2D eigenvalue weighted by atomic mass is 10.1. The largest absolute Gasteiger partial charge is 0.383 e. The van der Waals surface area contributed by atoms with Gasteiger partial charge in [-0.15, -0.1) is 24.0 Å². The Morgan fingerprint density at radius 2 is 1.79 bits per heavy atom. The lowest BCUT2D eigenvalue weighted by Gasteiger charge is -2.25. The Balaban J connectivity index is 0. The summed E-state index contributed by atoms with van der Waals surface area (Å²) in [4.78, 5) is 29.5. The molecular weight excluding hydrogens is 425 g/mol. The Hall–Kier alpha value is -1.10. The highest BCUT2D eigenvalue weighted by Crippen LogP contribution is 1.98. The van der Waals surface area contributed by atoms with Crippen LogP contribution < -0.4 is 16.0 Å². The number of hydrogen-bond acceptors (Lipinski definition) is 4. The Labute approximate surface area is 162 Å². The SMILES string of the molecule is CCNC(=NCC(=O)NCCOC)N(C)CC(=O)NC(C)(C)C.I. The molecule has 0 unspecified atom stereocenters. The maximum absolute atomic E-state index is 12.0. The van der Waals surface area contributed by atoms with Gasteiger partial charge < -0.3 is 25.6 Å². The molecule has 0 saturated heterocycles. The standard InChI is InChI=1S/C15H31N5O3.HI/c1-7-16-14(18-10-12(21)17-8-9-23-6)20(5)11-13(22)19-15(2,3)4;/h7-11H2,1-6H3,(H,16,18)(H,17,21)(H,19,22);1H. The average Bonchev–Trinajstić information content (AvgIpc) is 2.41. The number of rotatable bonds is 8. The van der Waals surface area contributed by atoms with E-state index in [0.29, 0.717) is 25.7 Å². The van der Waals surface area contributed by atoms with Crippen LogP contribution in [0.25, 0.3) is 0 Å². The van der Waals surface area contributed by atoms with E-state index >= 15 is 0 Å².